The van der Waals surface area contributed by atoms with Gasteiger partial charge in [0.15, 0.2) is 17.9 Å². The first kappa shape index (κ1) is 22.8. The fourth-order valence-corrected chi connectivity index (χ4v) is 3.86. The molecule has 2 atom stereocenters. The van der Waals surface area contributed by atoms with Crippen molar-refractivity contribution in [1.29, 1.82) is 0 Å². The molecular weight excluding hydrogens is 389 g/mol. The smallest absolute Gasteiger partial charge is 0.166 e. The maximum absolute atomic E-state index is 14.8. The van der Waals surface area contributed by atoms with E-state index in [-0.39, 0.29) is 17.8 Å². The van der Waals surface area contributed by atoms with Gasteiger partial charge in [-0.05, 0) is 54.9 Å². The molecule has 0 bridgehead atoms. The first-order valence-corrected chi connectivity index (χ1v) is 11.0. The first-order chi connectivity index (χ1) is 14.5. The van der Waals surface area contributed by atoms with Crippen molar-refractivity contribution >= 4 is 0 Å². The van der Waals surface area contributed by atoms with Crippen LogP contribution in [0, 0.1) is 17.5 Å². The molecular formula is C25H31F3O2. The summed E-state index contributed by atoms with van der Waals surface area (Å²) in [6.45, 7) is 5.18. The molecule has 0 N–H and O–H groups in total. The molecule has 0 aliphatic carbocycles. The van der Waals surface area contributed by atoms with Gasteiger partial charge in [0.25, 0.3) is 0 Å². The predicted molar refractivity (Wildman–Crippen MR) is 113 cm³/mol. The number of unbranched alkanes of at least 4 members (excludes halogenated alkanes) is 2. The lowest BCUT2D eigenvalue weighted by atomic mass is 9.90. The van der Waals surface area contributed by atoms with E-state index in [2.05, 4.69) is 6.92 Å². The lowest BCUT2D eigenvalue weighted by molar-refractivity contribution is -0.167. The highest BCUT2D eigenvalue weighted by Gasteiger charge is 2.26. The van der Waals surface area contributed by atoms with Crippen LogP contribution in [0.25, 0.3) is 11.1 Å². The van der Waals surface area contributed by atoms with Crippen LogP contribution < -0.4 is 0 Å². The molecule has 5 heteroatoms. The summed E-state index contributed by atoms with van der Waals surface area (Å²) in [6, 6.07) is 7.76. The van der Waals surface area contributed by atoms with Crippen molar-refractivity contribution in [3.05, 3.63) is 58.9 Å². The van der Waals surface area contributed by atoms with E-state index >= 15 is 0 Å². The third-order valence-corrected chi connectivity index (χ3v) is 5.75. The van der Waals surface area contributed by atoms with E-state index in [9.17, 15) is 13.2 Å². The molecule has 0 amide bonds. The largest absolute Gasteiger partial charge is 0.353 e. The molecule has 164 valence electrons. The van der Waals surface area contributed by atoms with Gasteiger partial charge >= 0.3 is 0 Å². The Morgan fingerprint density at radius 2 is 1.77 bits per heavy atom. The summed E-state index contributed by atoms with van der Waals surface area (Å²) in [7, 11) is 0. The summed E-state index contributed by atoms with van der Waals surface area (Å²) in [4.78, 5) is 0. The number of rotatable bonds is 9. The van der Waals surface area contributed by atoms with Gasteiger partial charge in [0, 0.05) is 18.1 Å². The zero-order valence-corrected chi connectivity index (χ0v) is 17.9. The summed E-state index contributed by atoms with van der Waals surface area (Å²) in [5.41, 5.74) is 1.34. The van der Waals surface area contributed by atoms with E-state index in [1.165, 1.54) is 6.07 Å². The van der Waals surface area contributed by atoms with Crippen LogP contribution in [0.3, 0.4) is 0 Å². The van der Waals surface area contributed by atoms with Crippen LogP contribution in [0.1, 0.15) is 69.4 Å². The average Bonchev–Trinajstić information content (AvgIpc) is 2.75. The minimum absolute atomic E-state index is 0.0666. The molecule has 2 nitrogen and oxygen atoms in total. The molecule has 2 unspecified atom stereocenters. The van der Waals surface area contributed by atoms with Gasteiger partial charge in [0.2, 0.25) is 0 Å². The van der Waals surface area contributed by atoms with Crippen molar-refractivity contribution in [1.82, 2.24) is 0 Å². The second-order valence-electron chi connectivity index (χ2n) is 8.00. The van der Waals surface area contributed by atoms with Crippen molar-refractivity contribution in [3.63, 3.8) is 0 Å². The Kier molecular flexibility index (Phi) is 8.34. The quantitative estimate of drug-likeness (QED) is 0.401. The Labute approximate surface area is 177 Å². The number of halogens is 3. The summed E-state index contributed by atoms with van der Waals surface area (Å²) in [5.74, 6) is -2.23. The lowest BCUT2D eigenvalue weighted by Gasteiger charge is -2.29. The van der Waals surface area contributed by atoms with Gasteiger partial charge in [-0.25, -0.2) is 13.2 Å². The van der Waals surface area contributed by atoms with Crippen LogP contribution in [0.15, 0.2) is 30.3 Å². The Bertz CT molecular complexity index is 829. The third-order valence-electron chi connectivity index (χ3n) is 5.75. The number of ether oxygens (including phenoxy) is 2. The van der Waals surface area contributed by atoms with Crippen LogP contribution >= 0.6 is 0 Å². The van der Waals surface area contributed by atoms with Gasteiger partial charge in [-0.1, -0.05) is 51.0 Å². The average molecular weight is 421 g/mol. The van der Waals surface area contributed by atoms with Crippen molar-refractivity contribution < 1.29 is 22.6 Å². The van der Waals surface area contributed by atoms with E-state index in [1.54, 1.807) is 24.3 Å². The van der Waals surface area contributed by atoms with Gasteiger partial charge in [0.1, 0.15) is 5.82 Å². The molecule has 30 heavy (non-hydrogen) atoms. The summed E-state index contributed by atoms with van der Waals surface area (Å²) in [5, 5.41) is 0. The highest BCUT2D eigenvalue weighted by Crippen LogP contribution is 2.34. The van der Waals surface area contributed by atoms with Crippen molar-refractivity contribution in [2.24, 2.45) is 0 Å². The molecule has 0 aromatic heterocycles. The van der Waals surface area contributed by atoms with E-state index in [0.29, 0.717) is 42.7 Å². The molecule has 1 fully saturated rings. The fraction of sp³-hybridized carbons (Fsp3) is 0.520. The predicted octanol–water partition coefficient (Wildman–Crippen LogP) is 7.15. The maximum atomic E-state index is 14.8. The van der Waals surface area contributed by atoms with Crippen LogP contribution in [-0.4, -0.2) is 19.5 Å². The molecule has 0 spiro atoms. The molecule has 3 rings (SSSR count). The lowest BCUT2D eigenvalue weighted by Crippen LogP contribution is -2.27. The second kappa shape index (κ2) is 11.0. The monoisotopic (exact) mass is 420 g/mol. The zero-order chi connectivity index (χ0) is 21.5. The number of aryl methyl sites for hydroxylation is 1. The topological polar surface area (TPSA) is 18.5 Å². The Hall–Kier alpha value is -1.85. The Morgan fingerprint density at radius 1 is 0.967 bits per heavy atom. The highest BCUT2D eigenvalue weighted by atomic mass is 19.2. The fourth-order valence-electron chi connectivity index (χ4n) is 3.86. The second-order valence-corrected chi connectivity index (χ2v) is 8.00. The maximum Gasteiger partial charge on any atom is 0.166 e. The molecule has 1 aliphatic rings. The summed E-state index contributed by atoms with van der Waals surface area (Å²) in [6.07, 6.45) is 5.53. The molecule has 1 heterocycles. The third kappa shape index (κ3) is 5.44. The molecule has 0 saturated carbocycles. The van der Waals surface area contributed by atoms with Crippen LogP contribution in [0.4, 0.5) is 13.2 Å². The molecule has 2 aromatic rings. The highest BCUT2D eigenvalue weighted by molar-refractivity contribution is 5.65. The van der Waals surface area contributed by atoms with Gasteiger partial charge in [-0.3, -0.25) is 0 Å². The number of hydrogen-bond acceptors (Lipinski definition) is 2. The van der Waals surface area contributed by atoms with E-state index in [1.807, 2.05) is 6.92 Å². The standard InChI is InChI=1S/C25H31F3O2/c1-3-5-7-17-8-12-21(25(28)24(17)27)18-9-11-20(22(26)15-18)19-10-13-23(30-16-19)29-14-6-4-2/h8-9,11-12,15,19,23H,3-7,10,13-14,16H2,1-2H3. The Morgan fingerprint density at radius 3 is 2.43 bits per heavy atom. The van der Waals surface area contributed by atoms with Crippen molar-refractivity contribution in [3.8, 4) is 11.1 Å². The van der Waals surface area contributed by atoms with Gasteiger partial charge in [-0.2, -0.15) is 0 Å². The van der Waals surface area contributed by atoms with E-state index < -0.39 is 17.5 Å². The Balaban J connectivity index is 1.70. The van der Waals surface area contributed by atoms with E-state index in [4.69, 9.17) is 9.47 Å². The van der Waals surface area contributed by atoms with Gasteiger partial charge < -0.3 is 9.47 Å². The molecule has 0 radical (unpaired) electrons. The van der Waals surface area contributed by atoms with Crippen LogP contribution in [0.2, 0.25) is 0 Å². The van der Waals surface area contributed by atoms with Gasteiger partial charge in [-0.15, -0.1) is 0 Å². The van der Waals surface area contributed by atoms with Crippen LogP contribution in [-0.2, 0) is 15.9 Å². The molecule has 1 saturated heterocycles. The molecule has 1 aliphatic heterocycles. The summed E-state index contributed by atoms with van der Waals surface area (Å²) >= 11 is 0. The number of benzene rings is 2. The van der Waals surface area contributed by atoms with E-state index in [0.717, 1.165) is 32.1 Å². The molecule has 2 aromatic carbocycles. The minimum atomic E-state index is -0.913. The summed E-state index contributed by atoms with van der Waals surface area (Å²) < 4.78 is 55.3. The first-order valence-electron chi connectivity index (χ1n) is 11.0. The van der Waals surface area contributed by atoms with Crippen molar-refractivity contribution in [2.45, 2.75) is 71.0 Å². The SMILES string of the molecule is CCCCOC1CCC(c2ccc(-c3ccc(CCCC)c(F)c3F)cc2F)CO1. The van der Waals surface area contributed by atoms with Crippen molar-refractivity contribution in [2.75, 3.05) is 13.2 Å². The minimum Gasteiger partial charge on any atom is -0.353 e. The van der Waals surface area contributed by atoms with Gasteiger partial charge in [0.05, 0.1) is 6.61 Å². The zero-order valence-electron chi connectivity index (χ0n) is 17.9. The number of hydrogen-bond donors (Lipinski definition) is 0. The normalized spacial score (nSPS) is 19.2. The van der Waals surface area contributed by atoms with Crippen LogP contribution in [0.5, 0.6) is 0 Å².